The molecule has 1 atom stereocenters. The molecule has 1 amide bonds. The lowest BCUT2D eigenvalue weighted by molar-refractivity contribution is 0.0793. The van der Waals surface area contributed by atoms with Gasteiger partial charge in [-0.05, 0) is 49.7 Å². The number of amides is 1. The molecule has 2 heterocycles. The number of aryl methyl sites for hydroxylation is 2. The third-order valence-corrected chi connectivity index (χ3v) is 5.91. The summed E-state index contributed by atoms with van der Waals surface area (Å²) < 4.78 is 0. The fourth-order valence-corrected chi connectivity index (χ4v) is 4.55. The first-order chi connectivity index (χ1) is 9.28. The highest BCUT2D eigenvalue weighted by molar-refractivity contribution is 7.14. The highest BCUT2D eigenvalue weighted by atomic mass is 35.5. The zero-order valence-electron chi connectivity index (χ0n) is 11.2. The number of thiophene rings is 1. The van der Waals surface area contributed by atoms with Gasteiger partial charge in [0.25, 0.3) is 5.91 Å². The minimum Gasteiger partial charge on any atom is -0.338 e. The second-order valence-corrected chi connectivity index (χ2v) is 7.13. The van der Waals surface area contributed by atoms with E-state index >= 15 is 0 Å². The SMILES string of the molecule is O=C(c1cc2c(s1)CCCCC2)N1CCC(CCl)C1. The molecule has 104 valence electrons. The van der Waals surface area contributed by atoms with E-state index in [0.717, 1.165) is 37.2 Å². The number of hydrogen-bond donors (Lipinski definition) is 0. The van der Waals surface area contributed by atoms with Crippen molar-refractivity contribution in [3.8, 4) is 0 Å². The van der Waals surface area contributed by atoms with Crippen LogP contribution in [0.4, 0.5) is 0 Å². The summed E-state index contributed by atoms with van der Waals surface area (Å²) in [4.78, 5) is 16.9. The summed E-state index contributed by atoms with van der Waals surface area (Å²) >= 11 is 7.62. The van der Waals surface area contributed by atoms with E-state index in [9.17, 15) is 4.79 Å². The quantitative estimate of drug-likeness (QED) is 0.602. The standard InChI is InChI=1S/C15H20ClNOS/c16-9-11-6-7-17(10-11)15(18)14-8-12-4-2-1-3-5-13(12)19-14/h8,11H,1-7,9-10H2. The lowest BCUT2D eigenvalue weighted by Crippen LogP contribution is -2.28. The van der Waals surface area contributed by atoms with Crippen molar-refractivity contribution in [2.45, 2.75) is 38.5 Å². The lowest BCUT2D eigenvalue weighted by Gasteiger charge is -2.14. The number of halogens is 1. The highest BCUT2D eigenvalue weighted by Gasteiger charge is 2.28. The summed E-state index contributed by atoms with van der Waals surface area (Å²) in [5, 5.41) is 0. The van der Waals surface area contributed by atoms with Gasteiger partial charge in [0.1, 0.15) is 0 Å². The maximum Gasteiger partial charge on any atom is 0.263 e. The zero-order chi connectivity index (χ0) is 13.2. The van der Waals surface area contributed by atoms with Gasteiger partial charge in [-0.3, -0.25) is 4.79 Å². The fraction of sp³-hybridized carbons (Fsp3) is 0.667. The summed E-state index contributed by atoms with van der Waals surface area (Å²) in [5.41, 5.74) is 1.43. The molecule has 0 spiro atoms. The van der Waals surface area contributed by atoms with Gasteiger partial charge >= 0.3 is 0 Å². The van der Waals surface area contributed by atoms with Crippen LogP contribution in [0.25, 0.3) is 0 Å². The summed E-state index contributed by atoms with van der Waals surface area (Å²) in [6, 6.07) is 2.15. The molecule has 4 heteroatoms. The zero-order valence-corrected chi connectivity index (χ0v) is 12.7. The number of carbonyl (C=O) groups excluding carboxylic acids is 1. The number of rotatable bonds is 2. The summed E-state index contributed by atoms with van der Waals surface area (Å²) in [5.74, 6) is 1.39. The topological polar surface area (TPSA) is 20.3 Å². The summed E-state index contributed by atoms with van der Waals surface area (Å²) in [6.45, 7) is 1.71. The van der Waals surface area contributed by atoms with Crippen molar-refractivity contribution in [2.75, 3.05) is 19.0 Å². The maximum atomic E-state index is 12.5. The molecule has 1 unspecified atom stereocenters. The van der Waals surface area contributed by atoms with Gasteiger partial charge in [-0.25, -0.2) is 0 Å². The predicted octanol–water partition coefficient (Wildman–Crippen LogP) is 3.72. The Kier molecular flexibility index (Phi) is 4.13. The summed E-state index contributed by atoms with van der Waals surface area (Å²) in [7, 11) is 0. The third-order valence-electron chi connectivity index (χ3n) is 4.25. The monoisotopic (exact) mass is 297 g/mol. The van der Waals surface area contributed by atoms with Crippen molar-refractivity contribution in [1.82, 2.24) is 4.90 Å². The van der Waals surface area contributed by atoms with Crippen molar-refractivity contribution in [1.29, 1.82) is 0 Å². The molecule has 1 fully saturated rings. The number of nitrogens with zero attached hydrogens (tertiary/aromatic N) is 1. The first-order valence-electron chi connectivity index (χ1n) is 7.24. The molecular weight excluding hydrogens is 278 g/mol. The Morgan fingerprint density at radius 2 is 2.21 bits per heavy atom. The van der Waals surface area contributed by atoms with Crippen LogP contribution in [0.3, 0.4) is 0 Å². The molecule has 2 aliphatic rings. The molecule has 0 aromatic carbocycles. The minimum atomic E-state index is 0.227. The lowest BCUT2D eigenvalue weighted by atomic mass is 10.1. The van der Waals surface area contributed by atoms with Crippen LogP contribution < -0.4 is 0 Å². The van der Waals surface area contributed by atoms with E-state index in [-0.39, 0.29) is 5.91 Å². The Hall–Kier alpha value is -0.540. The van der Waals surface area contributed by atoms with Crippen molar-refractivity contribution in [3.63, 3.8) is 0 Å². The van der Waals surface area contributed by atoms with E-state index < -0.39 is 0 Å². The molecule has 1 aliphatic carbocycles. The molecule has 0 bridgehead atoms. The van der Waals surface area contributed by atoms with Crippen molar-refractivity contribution in [2.24, 2.45) is 5.92 Å². The van der Waals surface area contributed by atoms with E-state index in [1.807, 2.05) is 4.90 Å². The average Bonchev–Trinajstić information content (AvgIpc) is 3.00. The Morgan fingerprint density at radius 1 is 1.37 bits per heavy atom. The first-order valence-corrected chi connectivity index (χ1v) is 8.60. The average molecular weight is 298 g/mol. The largest absolute Gasteiger partial charge is 0.338 e. The maximum absolute atomic E-state index is 12.5. The van der Waals surface area contributed by atoms with Gasteiger partial charge in [-0.2, -0.15) is 0 Å². The molecule has 1 saturated heterocycles. The first kappa shape index (κ1) is 13.4. The van der Waals surface area contributed by atoms with Crippen LogP contribution in [0.2, 0.25) is 0 Å². The van der Waals surface area contributed by atoms with Gasteiger partial charge in [0.15, 0.2) is 0 Å². The van der Waals surface area contributed by atoms with Gasteiger partial charge in [-0.15, -0.1) is 22.9 Å². The Morgan fingerprint density at radius 3 is 3.00 bits per heavy atom. The number of hydrogen-bond acceptors (Lipinski definition) is 2. The molecule has 1 aromatic rings. The molecule has 2 nitrogen and oxygen atoms in total. The highest BCUT2D eigenvalue weighted by Crippen LogP contribution is 2.30. The molecule has 0 saturated carbocycles. The van der Waals surface area contributed by atoms with E-state index in [1.54, 1.807) is 11.3 Å². The molecule has 1 aromatic heterocycles. The molecule has 1 aliphatic heterocycles. The van der Waals surface area contributed by atoms with Crippen LogP contribution in [-0.4, -0.2) is 29.8 Å². The Balaban J connectivity index is 1.74. The molecule has 19 heavy (non-hydrogen) atoms. The molecular formula is C15H20ClNOS. The van der Waals surface area contributed by atoms with E-state index in [0.29, 0.717) is 11.8 Å². The molecule has 3 rings (SSSR count). The van der Waals surface area contributed by atoms with Crippen LogP contribution in [0, 0.1) is 5.92 Å². The number of alkyl halides is 1. The van der Waals surface area contributed by atoms with Crippen LogP contribution in [0.5, 0.6) is 0 Å². The van der Waals surface area contributed by atoms with E-state index in [2.05, 4.69) is 6.07 Å². The minimum absolute atomic E-state index is 0.227. The van der Waals surface area contributed by atoms with Gasteiger partial charge in [-0.1, -0.05) is 6.42 Å². The molecule has 0 radical (unpaired) electrons. The Bertz CT molecular complexity index is 447. The number of likely N-dealkylation sites (tertiary alicyclic amines) is 1. The van der Waals surface area contributed by atoms with Gasteiger partial charge < -0.3 is 4.90 Å². The van der Waals surface area contributed by atoms with Gasteiger partial charge in [0, 0.05) is 23.8 Å². The Labute approximate surface area is 123 Å². The van der Waals surface area contributed by atoms with Crippen LogP contribution in [0.1, 0.15) is 45.8 Å². The van der Waals surface area contributed by atoms with Crippen LogP contribution in [-0.2, 0) is 12.8 Å². The molecule has 0 N–H and O–H groups in total. The second-order valence-electron chi connectivity index (χ2n) is 5.68. The second kappa shape index (κ2) is 5.84. The van der Waals surface area contributed by atoms with Crippen LogP contribution >= 0.6 is 22.9 Å². The van der Waals surface area contributed by atoms with E-state index in [1.165, 1.54) is 29.7 Å². The fourth-order valence-electron chi connectivity index (χ4n) is 3.07. The van der Waals surface area contributed by atoms with Gasteiger partial charge in [0.2, 0.25) is 0 Å². The van der Waals surface area contributed by atoms with Crippen molar-refractivity contribution in [3.05, 3.63) is 21.4 Å². The van der Waals surface area contributed by atoms with Gasteiger partial charge in [0.05, 0.1) is 4.88 Å². The van der Waals surface area contributed by atoms with Crippen molar-refractivity contribution < 1.29 is 4.79 Å². The van der Waals surface area contributed by atoms with Crippen LogP contribution in [0.15, 0.2) is 6.07 Å². The normalized spacial score (nSPS) is 23.2. The predicted molar refractivity (Wildman–Crippen MR) is 80.3 cm³/mol. The number of carbonyl (C=O) groups is 1. The number of fused-ring (bicyclic) bond motifs is 1. The van der Waals surface area contributed by atoms with E-state index in [4.69, 9.17) is 11.6 Å². The smallest absolute Gasteiger partial charge is 0.263 e. The third kappa shape index (κ3) is 2.82. The summed E-state index contributed by atoms with van der Waals surface area (Å²) in [6.07, 6.45) is 7.25. The van der Waals surface area contributed by atoms with Crippen molar-refractivity contribution >= 4 is 28.8 Å².